The Balaban J connectivity index is 1.62. The molecule has 196 valence electrons. The summed E-state index contributed by atoms with van der Waals surface area (Å²) >= 11 is 2.69. The molecule has 3 heterocycles. The molecule has 0 saturated carbocycles. The maximum Gasteiger partial charge on any atom is 0.416 e. The van der Waals surface area contributed by atoms with E-state index in [0.29, 0.717) is 11.0 Å². The molecule has 0 spiro atoms. The summed E-state index contributed by atoms with van der Waals surface area (Å²) in [4.78, 5) is 5.93. The summed E-state index contributed by atoms with van der Waals surface area (Å²) in [7, 11) is 0. The number of halogens is 4. The molecule has 0 atom stereocenters. The van der Waals surface area contributed by atoms with Crippen LogP contribution in [0.2, 0.25) is 0 Å². The Hall–Kier alpha value is -3.24. The van der Waals surface area contributed by atoms with Crippen molar-refractivity contribution in [3.8, 4) is 22.0 Å². The fourth-order valence-electron chi connectivity index (χ4n) is 4.35. The van der Waals surface area contributed by atoms with E-state index in [4.69, 9.17) is 4.98 Å². The zero-order chi connectivity index (χ0) is 27.2. The van der Waals surface area contributed by atoms with Gasteiger partial charge in [-0.1, -0.05) is 17.8 Å². The van der Waals surface area contributed by atoms with Gasteiger partial charge in [-0.2, -0.15) is 13.2 Å². The summed E-state index contributed by atoms with van der Waals surface area (Å²) in [6, 6.07) is 12.6. The lowest BCUT2D eigenvalue weighted by Gasteiger charge is -2.17. The van der Waals surface area contributed by atoms with Crippen LogP contribution in [0, 0.1) is 19.7 Å². The highest BCUT2D eigenvalue weighted by Gasteiger charge is 2.33. The number of aryl methyl sites for hydroxylation is 2. The lowest BCUT2D eigenvalue weighted by atomic mass is 10.0. The second kappa shape index (κ2) is 10.1. The molecule has 5 rings (SSSR count). The molecular formula is C28H24F4N4S2. The summed E-state index contributed by atoms with van der Waals surface area (Å²) in [5.74, 6) is -0.214. The largest absolute Gasteiger partial charge is 0.416 e. The minimum atomic E-state index is -4.58. The van der Waals surface area contributed by atoms with Gasteiger partial charge in [0, 0.05) is 22.7 Å². The maximum absolute atomic E-state index is 13.8. The number of hydrogen-bond acceptors (Lipinski definition) is 5. The Kier molecular flexibility index (Phi) is 7.04. The highest BCUT2D eigenvalue weighted by atomic mass is 32.2. The summed E-state index contributed by atoms with van der Waals surface area (Å²) in [5.41, 5.74) is 3.73. The first-order valence-electron chi connectivity index (χ1n) is 11.9. The minimum Gasteiger partial charge on any atom is -0.299 e. The highest BCUT2D eigenvalue weighted by Crippen LogP contribution is 2.39. The number of thioether (sulfide) groups is 1. The molecule has 0 bridgehead atoms. The van der Waals surface area contributed by atoms with Crippen molar-refractivity contribution in [3.05, 3.63) is 82.0 Å². The van der Waals surface area contributed by atoms with Gasteiger partial charge in [0.15, 0.2) is 11.0 Å². The predicted molar refractivity (Wildman–Crippen MR) is 145 cm³/mol. The van der Waals surface area contributed by atoms with Gasteiger partial charge in [0.05, 0.1) is 21.7 Å². The first kappa shape index (κ1) is 26.4. The van der Waals surface area contributed by atoms with Crippen LogP contribution in [0.25, 0.3) is 32.9 Å². The number of thiophene rings is 1. The smallest absolute Gasteiger partial charge is 0.299 e. The van der Waals surface area contributed by atoms with Crippen molar-refractivity contribution < 1.29 is 17.6 Å². The molecule has 0 aliphatic rings. The van der Waals surface area contributed by atoms with Crippen LogP contribution in [0.1, 0.15) is 42.1 Å². The van der Waals surface area contributed by atoms with Crippen LogP contribution < -0.4 is 0 Å². The molecule has 38 heavy (non-hydrogen) atoms. The Morgan fingerprint density at radius 3 is 2.45 bits per heavy atom. The quantitative estimate of drug-likeness (QED) is 0.155. The first-order chi connectivity index (χ1) is 18.0. The van der Waals surface area contributed by atoms with Crippen LogP contribution >= 0.6 is 23.1 Å². The fourth-order valence-corrected chi connectivity index (χ4v) is 6.09. The minimum absolute atomic E-state index is 0.0861. The molecule has 4 nitrogen and oxygen atoms in total. The van der Waals surface area contributed by atoms with Crippen LogP contribution in [0.15, 0.2) is 59.1 Å². The third-order valence-corrected chi connectivity index (χ3v) is 8.23. The average Bonchev–Trinajstić information content (AvgIpc) is 3.53. The van der Waals surface area contributed by atoms with Crippen molar-refractivity contribution >= 4 is 34.0 Å². The molecule has 0 saturated heterocycles. The predicted octanol–water partition coefficient (Wildman–Crippen LogP) is 8.87. The van der Waals surface area contributed by atoms with Crippen molar-refractivity contribution in [2.24, 2.45) is 0 Å². The Labute approximate surface area is 225 Å². The van der Waals surface area contributed by atoms with Gasteiger partial charge in [0.2, 0.25) is 0 Å². The molecule has 2 aromatic carbocycles. The number of pyridine rings is 1. The number of alkyl halides is 3. The van der Waals surface area contributed by atoms with Gasteiger partial charge in [0.25, 0.3) is 0 Å². The molecule has 0 aliphatic carbocycles. The van der Waals surface area contributed by atoms with E-state index in [0.717, 1.165) is 68.1 Å². The summed E-state index contributed by atoms with van der Waals surface area (Å²) in [6.07, 6.45) is -4.58. The van der Waals surface area contributed by atoms with E-state index in [1.54, 1.807) is 11.3 Å². The number of hydrogen-bond donors (Lipinski definition) is 0. The van der Waals surface area contributed by atoms with Crippen molar-refractivity contribution in [1.29, 1.82) is 0 Å². The van der Waals surface area contributed by atoms with Crippen molar-refractivity contribution in [1.82, 2.24) is 19.7 Å². The van der Waals surface area contributed by atoms with Gasteiger partial charge in [-0.25, -0.2) is 9.37 Å². The van der Waals surface area contributed by atoms with Crippen molar-refractivity contribution in [2.45, 2.75) is 50.8 Å². The van der Waals surface area contributed by atoms with E-state index < -0.39 is 17.6 Å². The van der Waals surface area contributed by atoms with Crippen LogP contribution in [0.5, 0.6) is 0 Å². The van der Waals surface area contributed by atoms with Crippen LogP contribution in [-0.4, -0.2) is 19.7 Å². The van der Waals surface area contributed by atoms with Crippen molar-refractivity contribution in [2.75, 3.05) is 0 Å². The second-order valence-electron chi connectivity index (χ2n) is 9.34. The standard InChI is InChI=1S/C28H24F4N4S2/c1-15(2)36-26(34-35-27(36)38-14-18-12-19(29)7-8-22(18)28(30,31)32)21-13-24(25-6-5-9-37-25)33-23-11-17(4)16(3)10-20(21)23/h5-13,15H,14H2,1-4H3. The lowest BCUT2D eigenvalue weighted by Crippen LogP contribution is -2.09. The fraction of sp³-hybridized carbons (Fsp3) is 0.250. The van der Waals surface area contributed by atoms with E-state index >= 15 is 0 Å². The number of nitrogens with zero attached hydrogens (tertiary/aromatic N) is 4. The van der Waals surface area contributed by atoms with E-state index in [2.05, 4.69) is 22.3 Å². The van der Waals surface area contributed by atoms with E-state index in [1.807, 2.05) is 55.8 Å². The molecule has 10 heteroatoms. The van der Waals surface area contributed by atoms with E-state index in [-0.39, 0.29) is 17.4 Å². The monoisotopic (exact) mass is 556 g/mol. The third-order valence-electron chi connectivity index (χ3n) is 6.35. The molecular weight excluding hydrogens is 532 g/mol. The summed E-state index contributed by atoms with van der Waals surface area (Å²) < 4.78 is 56.4. The highest BCUT2D eigenvalue weighted by molar-refractivity contribution is 7.98. The molecule has 0 N–H and O–H groups in total. The van der Waals surface area contributed by atoms with Gasteiger partial charge in [-0.15, -0.1) is 21.5 Å². The van der Waals surface area contributed by atoms with Gasteiger partial charge in [-0.3, -0.25) is 4.57 Å². The van der Waals surface area contributed by atoms with Crippen LogP contribution in [0.4, 0.5) is 17.6 Å². The number of aromatic nitrogens is 4. The first-order valence-corrected chi connectivity index (χ1v) is 13.8. The van der Waals surface area contributed by atoms with E-state index in [1.165, 1.54) is 0 Å². The van der Waals surface area contributed by atoms with Gasteiger partial charge >= 0.3 is 6.18 Å². The normalized spacial score (nSPS) is 12.1. The number of rotatable bonds is 6. The molecule has 0 amide bonds. The zero-order valence-electron chi connectivity index (χ0n) is 21.1. The summed E-state index contributed by atoms with van der Waals surface area (Å²) in [5, 5.41) is 12.2. The Morgan fingerprint density at radius 1 is 1.00 bits per heavy atom. The SMILES string of the molecule is Cc1cc2nc(-c3cccs3)cc(-c3nnc(SCc4cc(F)ccc4C(F)(F)F)n3C(C)C)c2cc1C. The third kappa shape index (κ3) is 5.07. The summed E-state index contributed by atoms with van der Waals surface area (Å²) in [6.45, 7) is 8.02. The van der Waals surface area contributed by atoms with E-state index in [9.17, 15) is 17.6 Å². The second-order valence-corrected chi connectivity index (χ2v) is 11.2. The van der Waals surface area contributed by atoms with Gasteiger partial charge in [0.1, 0.15) is 5.82 Å². The average molecular weight is 557 g/mol. The van der Waals surface area contributed by atoms with Crippen molar-refractivity contribution in [3.63, 3.8) is 0 Å². The molecule has 0 unspecified atom stereocenters. The molecule has 3 aromatic heterocycles. The Bertz CT molecular complexity index is 1620. The molecule has 0 fully saturated rings. The molecule has 5 aromatic rings. The molecule has 0 aliphatic heterocycles. The molecule has 0 radical (unpaired) electrons. The Morgan fingerprint density at radius 2 is 1.76 bits per heavy atom. The van der Waals surface area contributed by atoms with Gasteiger partial charge < -0.3 is 0 Å². The zero-order valence-corrected chi connectivity index (χ0v) is 22.7. The number of benzene rings is 2. The number of fused-ring (bicyclic) bond motifs is 1. The van der Waals surface area contributed by atoms with Crippen LogP contribution in [0.3, 0.4) is 0 Å². The maximum atomic E-state index is 13.8. The van der Waals surface area contributed by atoms with Crippen LogP contribution in [-0.2, 0) is 11.9 Å². The van der Waals surface area contributed by atoms with Gasteiger partial charge in [-0.05, 0) is 92.2 Å². The topological polar surface area (TPSA) is 43.6 Å². The lowest BCUT2D eigenvalue weighted by molar-refractivity contribution is -0.138.